The van der Waals surface area contributed by atoms with Crippen molar-refractivity contribution < 1.29 is 14.9 Å². The van der Waals surface area contributed by atoms with Crippen molar-refractivity contribution in [3.63, 3.8) is 0 Å². The van der Waals surface area contributed by atoms with E-state index in [1.165, 1.54) is 0 Å². The summed E-state index contributed by atoms with van der Waals surface area (Å²) in [6.45, 7) is 2.05. The Kier molecular flexibility index (Phi) is 3.43. The number of nitrogens with one attached hydrogen (secondary N) is 1. The molecular formula is C12H17NO3. The molecule has 1 saturated heterocycles. The molecule has 1 aromatic rings. The summed E-state index contributed by atoms with van der Waals surface area (Å²) >= 11 is 0. The molecule has 0 aromatic heterocycles. The first kappa shape index (κ1) is 11.4. The number of hydrogen-bond donors (Lipinski definition) is 3. The molecule has 1 aliphatic rings. The normalized spacial score (nSPS) is 24.8. The highest BCUT2D eigenvalue weighted by Gasteiger charge is 2.31. The van der Waals surface area contributed by atoms with Crippen molar-refractivity contribution in [3.05, 3.63) is 29.8 Å². The number of rotatable bonds is 4. The summed E-state index contributed by atoms with van der Waals surface area (Å²) in [6.07, 6.45) is 0.667. The summed E-state index contributed by atoms with van der Waals surface area (Å²) in [7, 11) is 0. The van der Waals surface area contributed by atoms with Crippen molar-refractivity contribution >= 4 is 0 Å². The minimum absolute atomic E-state index is 0.282. The maximum atomic E-state index is 9.99. The van der Waals surface area contributed by atoms with Crippen molar-refractivity contribution in [2.24, 2.45) is 0 Å². The van der Waals surface area contributed by atoms with E-state index < -0.39 is 5.60 Å². The number of phenolic OH excluding ortho intramolecular Hbond substituents is 1. The third-order valence-corrected chi connectivity index (χ3v) is 2.84. The predicted octanol–water partition coefficient (Wildman–Crippen LogP) is 0.633. The standard InChI is InChI=1S/C12H17NO3/c14-11-4-2-1-3-10(11)7-13-8-12(15)5-6-16-9-12/h1-4,13-15H,5-9H2. The maximum Gasteiger partial charge on any atom is 0.120 e. The monoisotopic (exact) mass is 223 g/mol. The molecule has 3 N–H and O–H groups in total. The van der Waals surface area contributed by atoms with Gasteiger partial charge in [-0.1, -0.05) is 18.2 Å². The molecule has 88 valence electrons. The van der Waals surface area contributed by atoms with Gasteiger partial charge >= 0.3 is 0 Å². The first-order chi connectivity index (χ1) is 7.70. The van der Waals surface area contributed by atoms with Crippen LogP contribution in [0.3, 0.4) is 0 Å². The number of benzene rings is 1. The second-order valence-corrected chi connectivity index (χ2v) is 4.26. The van der Waals surface area contributed by atoms with E-state index in [1.807, 2.05) is 12.1 Å². The van der Waals surface area contributed by atoms with E-state index in [4.69, 9.17) is 4.74 Å². The first-order valence-electron chi connectivity index (χ1n) is 5.47. The average molecular weight is 223 g/mol. The Bertz CT molecular complexity index is 348. The van der Waals surface area contributed by atoms with Crippen LogP contribution in [0.2, 0.25) is 0 Å². The van der Waals surface area contributed by atoms with Gasteiger partial charge in [0.2, 0.25) is 0 Å². The zero-order valence-corrected chi connectivity index (χ0v) is 9.15. The second-order valence-electron chi connectivity index (χ2n) is 4.26. The molecule has 1 atom stereocenters. The van der Waals surface area contributed by atoms with Crippen LogP contribution in [-0.2, 0) is 11.3 Å². The van der Waals surface area contributed by atoms with Crippen LogP contribution in [-0.4, -0.2) is 35.6 Å². The van der Waals surface area contributed by atoms with Crippen LogP contribution < -0.4 is 5.32 Å². The summed E-state index contributed by atoms with van der Waals surface area (Å²) in [4.78, 5) is 0. The predicted molar refractivity (Wildman–Crippen MR) is 60.2 cm³/mol. The molecule has 1 heterocycles. The summed E-state index contributed by atoms with van der Waals surface area (Å²) in [5.74, 6) is 0.282. The van der Waals surface area contributed by atoms with E-state index in [9.17, 15) is 10.2 Å². The summed E-state index contributed by atoms with van der Waals surface area (Å²) in [6, 6.07) is 7.18. The Balaban J connectivity index is 1.82. The molecule has 0 aliphatic carbocycles. The van der Waals surface area contributed by atoms with Crippen LogP contribution in [0.15, 0.2) is 24.3 Å². The number of para-hydroxylation sites is 1. The lowest BCUT2D eigenvalue weighted by molar-refractivity contribution is 0.0268. The zero-order valence-electron chi connectivity index (χ0n) is 9.15. The van der Waals surface area contributed by atoms with Crippen molar-refractivity contribution in [2.45, 2.75) is 18.6 Å². The Labute approximate surface area is 94.9 Å². The van der Waals surface area contributed by atoms with Gasteiger partial charge in [0.05, 0.1) is 6.61 Å². The highest BCUT2D eigenvalue weighted by Crippen LogP contribution is 2.18. The highest BCUT2D eigenvalue weighted by atomic mass is 16.5. The lowest BCUT2D eigenvalue weighted by atomic mass is 10.0. The summed E-state index contributed by atoms with van der Waals surface area (Å²) in [5, 5.41) is 22.7. The van der Waals surface area contributed by atoms with Gasteiger partial charge in [-0.05, 0) is 6.07 Å². The fourth-order valence-corrected chi connectivity index (χ4v) is 1.83. The minimum Gasteiger partial charge on any atom is -0.508 e. The van der Waals surface area contributed by atoms with Crippen LogP contribution in [0.4, 0.5) is 0 Å². The quantitative estimate of drug-likeness (QED) is 0.700. The Morgan fingerprint density at radius 3 is 2.88 bits per heavy atom. The number of phenols is 1. The molecule has 2 rings (SSSR count). The molecule has 0 radical (unpaired) electrons. The van der Waals surface area contributed by atoms with E-state index in [1.54, 1.807) is 12.1 Å². The zero-order chi connectivity index (χ0) is 11.4. The van der Waals surface area contributed by atoms with Crippen molar-refractivity contribution in [1.29, 1.82) is 0 Å². The lowest BCUT2D eigenvalue weighted by Gasteiger charge is -2.20. The van der Waals surface area contributed by atoms with E-state index in [2.05, 4.69) is 5.32 Å². The Hall–Kier alpha value is -1.10. The van der Waals surface area contributed by atoms with E-state index in [-0.39, 0.29) is 5.75 Å². The number of ether oxygens (including phenoxy) is 1. The largest absolute Gasteiger partial charge is 0.508 e. The molecule has 4 heteroatoms. The SMILES string of the molecule is Oc1ccccc1CNCC1(O)CCOC1. The van der Waals surface area contributed by atoms with Gasteiger partial charge in [0, 0.05) is 31.7 Å². The Morgan fingerprint density at radius 1 is 1.38 bits per heavy atom. The van der Waals surface area contributed by atoms with Gasteiger partial charge in [-0.15, -0.1) is 0 Å². The summed E-state index contributed by atoms with van der Waals surface area (Å²) in [5.41, 5.74) is 0.0923. The van der Waals surface area contributed by atoms with Crippen LogP contribution in [0.25, 0.3) is 0 Å². The van der Waals surface area contributed by atoms with Gasteiger partial charge in [-0.2, -0.15) is 0 Å². The molecule has 0 bridgehead atoms. The topological polar surface area (TPSA) is 61.7 Å². The van der Waals surface area contributed by atoms with Gasteiger partial charge in [0.15, 0.2) is 0 Å². The van der Waals surface area contributed by atoms with Gasteiger partial charge in [-0.3, -0.25) is 0 Å². The molecule has 1 unspecified atom stereocenters. The number of hydrogen-bond acceptors (Lipinski definition) is 4. The average Bonchev–Trinajstić information content (AvgIpc) is 2.68. The lowest BCUT2D eigenvalue weighted by Crippen LogP contribution is -2.40. The molecule has 1 fully saturated rings. The smallest absolute Gasteiger partial charge is 0.120 e. The van der Waals surface area contributed by atoms with Crippen LogP contribution in [0, 0.1) is 0 Å². The molecule has 0 saturated carbocycles. The van der Waals surface area contributed by atoms with Crippen molar-refractivity contribution in [2.75, 3.05) is 19.8 Å². The highest BCUT2D eigenvalue weighted by molar-refractivity contribution is 5.31. The third-order valence-electron chi connectivity index (χ3n) is 2.84. The number of aromatic hydroxyl groups is 1. The number of aliphatic hydroxyl groups is 1. The van der Waals surface area contributed by atoms with Gasteiger partial charge in [0.25, 0.3) is 0 Å². The van der Waals surface area contributed by atoms with E-state index in [0.717, 1.165) is 5.56 Å². The van der Waals surface area contributed by atoms with Crippen molar-refractivity contribution in [3.8, 4) is 5.75 Å². The molecule has 0 spiro atoms. The molecule has 16 heavy (non-hydrogen) atoms. The van der Waals surface area contributed by atoms with Crippen LogP contribution >= 0.6 is 0 Å². The molecular weight excluding hydrogens is 206 g/mol. The van der Waals surface area contributed by atoms with Gasteiger partial charge in [-0.25, -0.2) is 0 Å². The fraction of sp³-hybridized carbons (Fsp3) is 0.500. The van der Waals surface area contributed by atoms with E-state index >= 15 is 0 Å². The molecule has 1 aliphatic heterocycles. The van der Waals surface area contributed by atoms with Gasteiger partial charge < -0.3 is 20.3 Å². The molecule has 1 aromatic carbocycles. The molecule has 0 amide bonds. The fourth-order valence-electron chi connectivity index (χ4n) is 1.83. The molecule has 4 nitrogen and oxygen atoms in total. The second kappa shape index (κ2) is 4.82. The van der Waals surface area contributed by atoms with E-state index in [0.29, 0.717) is 32.7 Å². The minimum atomic E-state index is -0.746. The van der Waals surface area contributed by atoms with Crippen LogP contribution in [0.5, 0.6) is 5.75 Å². The maximum absolute atomic E-state index is 9.99. The third kappa shape index (κ3) is 2.72. The summed E-state index contributed by atoms with van der Waals surface area (Å²) < 4.78 is 5.15. The van der Waals surface area contributed by atoms with Gasteiger partial charge in [0.1, 0.15) is 11.4 Å². The van der Waals surface area contributed by atoms with Crippen molar-refractivity contribution in [1.82, 2.24) is 5.32 Å². The Morgan fingerprint density at radius 2 is 2.19 bits per heavy atom. The first-order valence-corrected chi connectivity index (χ1v) is 5.47. The van der Waals surface area contributed by atoms with Crippen LogP contribution in [0.1, 0.15) is 12.0 Å².